The van der Waals surface area contributed by atoms with Crippen molar-refractivity contribution < 1.29 is 14.3 Å². The number of carbonyl (C=O) groups excluding carboxylic acids is 1. The van der Waals surface area contributed by atoms with Crippen molar-refractivity contribution in [1.82, 2.24) is 9.62 Å². The predicted molar refractivity (Wildman–Crippen MR) is 86.4 cm³/mol. The summed E-state index contributed by atoms with van der Waals surface area (Å²) in [4.78, 5) is 12.0. The van der Waals surface area contributed by atoms with Gasteiger partial charge in [0.15, 0.2) is 0 Å². The Morgan fingerprint density at radius 2 is 2.42 bits per heavy atom. The summed E-state index contributed by atoms with van der Waals surface area (Å²) >= 11 is 5.70. The Kier molecular flexibility index (Phi) is 5.44. The van der Waals surface area contributed by atoms with Gasteiger partial charge >= 0.3 is 5.97 Å². The number of nitrogens with zero attached hydrogens (tertiary/aromatic N) is 1. The van der Waals surface area contributed by atoms with Crippen LogP contribution in [0.4, 0.5) is 0 Å². The van der Waals surface area contributed by atoms with Gasteiger partial charge in [0.2, 0.25) is 0 Å². The van der Waals surface area contributed by atoms with E-state index in [1.807, 2.05) is 16.6 Å². The van der Waals surface area contributed by atoms with Gasteiger partial charge in [-0.3, -0.25) is 4.31 Å². The maximum Gasteiger partial charge on any atom is 0.355 e. The van der Waals surface area contributed by atoms with Crippen LogP contribution in [0.15, 0.2) is 22.5 Å². The molecule has 5 nitrogen and oxygen atoms in total. The zero-order chi connectivity index (χ0) is 14.0. The molecule has 0 saturated heterocycles. The van der Waals surface area contributed by atoms with Gasteiger partial charge in [0.1, 0.15) is 11.9 Å². The van der Waals surface area contributed by atoms with E-state index in [9.17, 15) is 4.79 Å². The maximum absolute atomic E-state index is 12.0. The van der Waals surface area contributed by atoms with Crippen LogP contribution in [0.25, 0.3) is 0 Å². The molecule has 8 heteroatoms. The second-order valence-electron chi connectivity index (χ2n) is 4.04. The fourth-order valence-electron chi connectivity index (χ4n) is 2.21. The van der Waals surface area contributed by atoms with Crippen LogP contribution in [0.2, 0.25) is 0 Å². The van der Waals surface area contributed by atoms with Crippen molar-refractivity contribution in [3.8, 4) is 0 Å². The van der Waals surface area contributed by atoms with Crippen LogP contribution in [-0.2, 0) is 14.3 Å². The molecule has 106 valence electrons. The van der Waals surface area contributed by atoms with Gasteiger partial charge in [-0.2, -0.15) is 0 Å². The van der Waals surface area contributed by atoms with Crippen molar-refractivity contribution in [2.45, 2.75) is 19.2 Å². The summed E-state index contributed by atoms with van der Waals surface area (Å²) in [6, 6.07) is 0.0191. The highest BCUT2D eigenvalue weighted by Crippen LogP contribution is 2.44. The minimum absolute atomic E-state index is 0.0191. The summed E-state index contributed by atoms with van der Waals surface area (Å²) in [5.74, 6) is -0.205. The molecule has 0 saturated carbocycles. The molecule has 0 bridgehead atoms. The summed E-state index contributed by atoms with van der Waals surface area (Å²) in [5.41, 5.74) is 0.576. The first-order valence-electron chi connectivity index (χ1n) is 5.75. The normalized spacial score (nSPS) is 29.3. The number of carbonyl (C=O) groups is 1. The fourth-order valence-corrected chi connectivity index (χ4v) is 4.72. The lowest BCUT2D eigenvalue weighted by molar-refractivity contribution is -0.139. The molecular formula is C11H14BrIN2O3S. The Bertz CT molecular complexity index is 432. The molecule has 0 amide bonds. The number of hydrogen-bond donors (Lipinski definition) is 1. The highest BCUT2D eigenvalue weighted by atomic mass is 127. The molecule has 3 atom stereocenters. The lowest BCUT2D eigenvalue weighted by Crippen LogP contribution is -2.50. The van der Waals surface area contributed by atoms with Gasteiger partial charge in [-0.25, -0.2) is 4.79 Å². The van der Waals surface area contributed by atoms with Crippen molar-refractivity contribution in [1.29, 1.82) is 0 Å². The molecule has 2 heterocycles. The van der Waals surface area contributed by atoms with Gasteiger partial charge in [0.25, 0.3) is 0 Å². The number of halogens is 2. The van der Waals surface area contributed by atoms with Crippen LogP contribution in [0.1, 0.15) is 6.92 Å². The van der Waals surface area contributed by atoms with E-state index in [1.54, 1.807) is 14.0 Å². The molecule has 0 aliphatic carbocycles. The minimum atomic E-state index is -0.295. The SMILES string of the molecule is CCOC(=O)C1=CC2C(Br)=CNC(OC)C2N1SI. The maximum atomic E-state index is 12.0. The zero-order valence-corrected chi connectivity index (χ0v) is 15.0. The third kappa shape index (κ3) is 2.91. The van der Waals surface area contributed by atoms with Crippen LogP contribution in [0, 0.1) is 5.92 Å². The number of hydrogen-bond acceptors (Lipinski definition) is 6. The molecule has 1 N–H and O–H groups in total. The Labute approximate surface area is 137 Å². The van der Waals surface area contributed by atoms with Crippen LogP contribution in [0.3, 0.4) is 0 Å². The molecule has 0 radical (unpaired) electrons. The lowest BCUT2D eigenvalue weighted by Gasteiger charge is -2.37. The van der Waals surface area contributed by atoms with E-state index in [2.05, 4.69) is 42.5 Å². The molecule has 0 aromatic carbocycles. The average Bonchev–Trinajstić information content (AvgIpc) is 2.80. The van der Waals surface area contributed by atoms with E-state index < -0.39 is 0 Å². The minimum Gasteiger partial charge on any atom is -0.461 e. The summed E-state index contributed by atoms with van der Waals surface area (Å²) in [5, 5.41) is 3.17. The second-order valence-corrected chi connectivity index (χ2v) is 6.66. The summed E-state index contributed by atoms with van der Waals surface area (Å²) < 4.78 is 13.5. The topological polar surface area (TPSA) is 50.8 Å². The number of rotatable bonds is 4. The van der Waals surface area contributed by atoms with Crippen molar-refractivity contribution in [3.63, 3.8) is 0 Å². The largest absolute Gasteiger partial charge is 0.461 e. The molecule has 3 unspecified atom stereocenters. The summed E-state index contributed by atoms with van der Waals surface area (Å²) in [6.45, 7) is 2.17. The standard InChI is InChI=1S/C11H14BrIN2O3S/c1-3-18-11(16)8-4-6-7(12)5-14-10(17-2)9(6)15(8)19-13/h4-6,9-10,14H,3H2,1-2H3. The smallest absolute Gasteiger partial charge is 0.355 e. The van der Waals surface area contributed by atoms with Gasteiger partial charge in [-0.15, -0.1) is 0 Å². The van der Waals surface area contributed by atoms with Gasteiger partial charge in [-0.1, -0.05) is 15.9 Å². The first-order valence-corrected chi connectivity index (χ1v) is 9.86. The second kappa shape index (κ2) is 6.68. The first-order chi connectivity index (χ1) is 9.13. The quantitative estimate of drug-likeness (QED) is 0.395. The van der Waals surface area contributed by atoms with E-state index in [-0.39, 0.29) is 24.2 Å². The highest BCUT2D eigenvalue weighted by molar-refractivity contribution is 14.2. The van der Waals surface area contributed by atoms with Crippen molar-refractivity contribution in [2.24, 2.45) is 5.92 Å². The number of esters is 1. The molecule has 0 aromatic heterocycles. The summed E-state index contributed by atoms with van der Waals surface area (Å²) in [7, 11) is 3.12. The molecular weight excluding hydrogens is 447 g/mol. The van der Waals surface area contributed by atoms with E-state index in [4.69, 9.17) is 9.47 Å². The van der Waals surface area contributed by atoms with E-state index >= 15 is 0 Å². The summed E-state index contributed by atoms with van der Waals surface area (Å²) in [6.07, 6.45) is 3.63. The molecule has 2 rings (SSSR count). The van der Waals surface area contributed by atoms with E-state index in [1.165, 1.54) is 9.12 Å². The third-order valence-electron chi connectivity index (χ3n) is 3.04. The number of methoxy groups -OCH3 is 1. The van der Waals surface area contributed by atoms with Gasteiger partial charge in [0.05, 0.1) is 12.6 Å². The number of nitrogens with one attached hydrogen (secondary N) is 1. The monoisotopic (exact) mass is 460 g/mol. The van der Waals surface area contributed by atoms with Gasteiger partial charge in [0, 0.05) is 54.0 Å². The van der Waals surface area contributed by atoms with Gasteiger partial charge < -0.3 is 14.8 Å². The van der Waals surface area contributed by atoms with Crippen LogP contribution in [-0.4, -0.2) is 36.3 Å². The average molecular weight is 461 g/mol. The Hall–Kier alpha value is 0.0700. The zero-order valence-electron chi connectivity index (χ0n) is 10.4. The number of fused-ring (bicyclic) bond motifs is 1. The predicted octanol–water partition coefficient (Wildman–Crippen LogP) is 2.54. The fraction of sp³-hybridized carbons (Fsp3) is 0.545. The first kappa shape index (κ1) is 15.5. The Morgan fingerprint density at radius 1 is 1.68 bits per heavy atom. The third-order valence-corrected chi connectivity index (χ3v) is 5.66. The van der Waals surface area contributed by atoms with Crippen LogP contribution >= 0.6 is 46.3 Å². The molecule has 0 fully saturated rings. The van der Waals surface area contributed by atoms with Crippen LogP contribution in [0.5, 0.6) is 0 Å². The molecule has 0 spiro atoms. The van der Waals surface area contributed by atoms with Crippen molar-refractivity contribution >= 4 is 52.2 Å². The highest BCUT2D eigenvalue weighted by Gasteiger charge is 2.46. The molecule has 2 aliphatic heterocycles. The van der Waals surface area contributed by atoms with E-state index in [0.717, 1.165) is 4.48 Å². The van der Waals surface area contributed by atoms with Crippen LogP contribution < -0.4 is 5.32 Å². The molecule has 2 aliphatic rings. The van der Waals surface area contributed by atoms with Crippen molar-refractivity contribution in [3.05, 3.63) is 22.5 Å². The number of ether oxygens (including phenoxy) is 2. The van der Waals surface area contributed by atoms with E-state index in [0.29, 0.717) is 12.3 Å². The molecule has 19 heavy (non-hydrogen) atoms. The molecule has 0 aromatic rings. The Morgan fingerprint density at radius 3 is 3.00 bits per heavy atom. The van der Waals surface area contributed by atoms with Crippen molar-refractivity contribution in [2.75, 3.05) is 13.7 Å². The Balaban J connectivity index is 2.30. The van der Waals surface area contributed by atoms with Gasteiger partial charge in [-0.05, 0) is 13.0 Å². The lowest BCUT2D eigenvalue weighted by atomic mass is 9.98.